The SMILES string of the molecule is CC1=CC(C(c2cc(C)c(O)c(C)c2)c2ccc(O)c(O)c2)=CC(C)C1=O. The Kier molecular flexibility index (Phi) is 4.83. The summed E-state index contributed by atoms with van der Waals surface area (Å²) in [4.78, 5) is 12.2. The molecule has 27 heavy (non-hydrogen) atoms. The second kappa shape index (κ2) is 6.95. The number of hydrogen-bond acceptors (Lipinski definition) is 4. The molecular formula is C23H24O4. The van der Waals surface area contributed by atoms with E-state index in [0.717, 1.165) is 27.8 Å². The fourth-order valence-electron chi connectivity index (χ4n) is 3.73. The van der Waals surface area contributed by atoms with Gasteiger partial charge in [0.05, 0.1) is 0 Å². The van der Waals surface area contributed by atoms with E-state index in [0.29, 0.717) is 5.57 Å². The second-order valence-electron chi connectivity index (χ2n) is 7.33. The summed E-state index contributed by atoms with van der Waals surface area (Å²) in [7, 11) is 0. The van der Waals surface area contributed by atoms with Gasteiger partial charge in [-0.05, 0) is 66.3 Å². The molecular weight excluding hydrogens is 340 g/mol. The zero-order chi connectivity index (χ0) is 19.9. The fourth-order valence-corrected chi connectivity index (χ4v) is 3.73. The summed E-state index contributed by atoms with van der Waals surface area (Å²) in [6, 6.07) is 8.61. The van der Waals surface area contributed by atoms with Gasteiger partial charge in [0, 0.05) is 11.8 Å². The summed E-state index contributed by atoms with van der Waals surface area (Å²) >= 11 is 0. The first-order valence-electron chi connectivity index (χ1n) is 8.95. The summed E-state index contributed by atoms with van der Waals surface area (Å²) in [5, 5.41) is 29.9. The Morgan fingerprint density at radius 2 is 1.52 bits per heavy atom. The van der Waals surface area contributed by atoms with Gasteiger partial charge in [0.15, 0.2) is 17.3 Å². The molecule has 4 heteroatoms. The van der Waals surface area contributed by atoms with Crippen LogP contribution in [0.3, 0.4) is 0 Å². The molecule has 0 spiro atoms. The van der Waals surface area contributed by atoms with E-state index in [1.807, 2.05) is 52.0 Å². The molecule has 2 unspecified atom stereocenters. The van der Waals surface area contributed by atoms with Gasteiger partial charge in [0.1, 0.15) is 5.75 Å². The van der Waals surface area contributed by atoms with Crippen molar-refractivity contribution in [2.75, 3.05) is 0 Å². The highest BCUT2D eigenvalue weighted by atomic mass is 16.3. The molecule has 0 bridgehead atoms. The predicted molar refractivity (Wildman–Crippen MR) is 105 cm³/mol. The Morgan fingerprint density at radius 1 is 0.889 bits per heavy atom. The quantitative estimate of drug-likeness (QED) is 0.693. The van der Waals surface area contributed by atoms with Crippen LogP contribution in [0.4, 0.5) is 0 Å². The molecule has 3 N–H and O–H groups in total. The van der Waals surface area contributed by atoms with E-state index >= 15 is 0 Å². The van der Waals surface area contributed by atoms with Crippen LogP contribution in [0.5, 0.6) is 17.2 Å². The van der Waals surface area contributed by atoms with Gasteiger partial charge < -0.3 is 15.3 Å². The number of rotatable bonds is 3. The van der Waals surface area contributed by atoms with Crippen LogP contribution in [0.15, 0.2) is 53.6 Å². The topological polar surface area (TPSA) is 77.8 Å². The summed E-state index contributed by atoms with van der Waals surface area (Å²) in [6.45, 7) is 7.38. The molecule has 3 rings (SSSR count). The maximum atomic E-state index is 12.2. The molecule has 0 heterocycles. The number of carbonyl (C=O) groups is 1. The number of aromatic hydroxyl groups is 3. The van der Waals surface area contributed by atoms with Crippen LogP contribution in [0, 0.1) is 19.8 Å². The summed E-state index contributed by atoms with van der Waals surface area (Å²) < 4.78 is 0. The average molecular weight is 364 g/mol. The van der Waals surface area contributed by atoms with Crippen LogP contribution < -0.4 is 0 Å². The molecule has 0 aromatic heterocycles. The lowest BCUT2D eigenvalue weighted by Gasteiger charge is -2.25. The van der Waals surface area contributed by atoms with Gasteiger partial charge >= 0.3 is 0 Å². The van der Waals surface area contributed by atoms with Crippen LogP contribution in [0.1, 0.15) is 42.0 Å². The molecule has 0 saturated carbocycles. The summed E-state index contributed by atoms with van der Waals surface area (Å²) in [5.74, 6) is -0.463. The average Bonchev–Trinajstić information content (AvgIpc) is 2.60. The molecule has 4 nitrogen and oxygen atoms in total. The number of Topliss-reactive ketones (excluding diaryl/α,β-unsaturated/α-hetero) is 1. The van der Waals surface area contributed by atoms with Crippen molar-refractivity contribution in [1.29, 1.82) is 0 Å². The molecule has 0 saturated heterocycles. The highest BCUT2D eigenvalue weighted by Crippen LogP contribution is 2.40. The molecule has 2 aromatic rings. The van der Waals surface area contributed by atoms with Crippen molar-refractivity contribution in [3.63, 3.8) is 0 Å². The van der Waals surface area contributed by atoms with Crippen molar-refractivity contribution in [3.8, 4) is 17.2 Å². The van der Waals surface area contributed by atoms with Crippen molar-refractivity contribution in [2.45, 2.75) is 33.6 Å². The van der Waals surface area contributed by atoms with Gasteiger partial charge in [-0.25, -0.2) is 0 Å². The van der Waals surface area contributed by atoms with Crippen LogP contribution in [-0.2, 0) is 4.79 Å². The first-order valence-corrected chi connectivity index (χ1v) is 8.95. The monoisotopic (exact) mass is 364 g/mol. The minimum Gasteiger partial charge on any atom is -0.507 e. The van der Waals surface area contributed by atoms with Gasteiger partial charge in [-0.3, -0.25) is 4.79 Å². The largest absolute Gasteiger partial charge is 0.507 e. The fraction of sp³-hybridized carbons (Fsp3) is 0.261. The molecule has 1 aliphatic carbocycles. The van der Waals surface area contributed by atoms with Crippen molar-refractivity contribution < 1.29 is 20.1 Å². The molecule has 0 aliphatic heterocycles. The number of carbonyl (C=O) groups excluding carboxylic acids is 1. The highest BCUT2D eigenvalue weighted by molar-refractivity contribution is 5.99. The predicted octanol–water partition coefficient (Wildman–Crippen LogP) is 4.64. The minimum atomic E-state index is -0.236. The smallest absolute Gasteiger partial charge is 0.165 e. The van der Waals surface area contributed by atoms with E-state index in [-0.39, 0.29) is 34.9 Å². The number of aryl methyl sites for hydroxylation is 2. The standard InChI is InChI=1S/C23H24O4/c1-12-7-17(8-13(2)22(12)26)21(16-5-6-19(24)20(25)11-16)18-9-14(3)23(27)15(4)10-18/h5-12,21,24-25,27H,1-4H3. The van der Waals surface area contributed by atoms with E-state index in [1.54, 1.807) is 12.1 Å². The third-order valence-electron chi connectivity index (χ3n) is 5.14. The normalized spacial score (nSPS) is 18.1. The Morgan fingerprint density at radius 3 is 2.07 bits per heavy atom. The summed E-state index contributed by atoms with van der Waals surface area (Å²) in [6.07, 6.45) is 3.83. The van der Waals surface area contributed by atoms with Gasteiger partial charge in [0.25, 0.3) is 0 Å². The second-order valence-corrected chi connectivity index (χ2v) is 7.33. The third kappa shape index (κ3) is 3.47. The lowest BCUT2D eigenvalue weighted by atomic mass is 9.78. The van der Waals surface area contributed by atoms with E-state index in [9.17, 15) is 20.1 Å². The Bertz CT molecular complexity index is 959. The number of phenols is 3. The Balaban J connectivity index is 2.23. The maximum Gasteiger partial charge on any atom is 0.165 e. The van der Waals surface area contributed by atoms with Crippen molar-refractivity contribution in [1.82, 2.24) is 0 Å². The van der Waals surface area contributed by atoms with E-state index in [4.69, 9.17) is 0 Å². The van der Waals surface area contributed by atoms with Gasteiger partial charge in [-0.15, -0.1) is 0 Å². The molecule has 0 radical (unpaired) electrons. The van der Waals surface area contributed by atoms with E-state index < -0.39 is 0 Å². The van der Waals surface area contributed by atoms with Gasteiger partial charge in [-0.2, -0.15) is 0 Å². The lowest BCUT2D eigenvalue weighted by molar-refractivity contribution is -0.117. The molecule has 0 fully saturated rings. The summed E-state index contributed by atoms with van der Waals surface area (Å²) in [5.41, 5.74) is 4.92. The van der Waals surface area contributed by atoms with Crippen LogP contribution in [-0.4, -0.2) is 21.1 Å². The number of phenolic OH excluding ortho intramolecular Hbond substituents is 3. The molecule has 2 atom stereocenters. The Labute approximate surface area is 159 Å². The number of allylic oxidation sites excluding steroid dienone is 4. The van der Waals surface area contributed by atoms with E-state index in [2.05, 4.69) is 0 Å². The number of ketones is 1. The van der Waals surface area contributed by atoms with Crippen LogP contribution in [0.2, 0.25) is 0 Å². The minimum absolute atomic E-state index is 0.101. The van der Waals surface area contributed by atoms with Crippen LogP contribution in [0.25, 0.3) is 0 Å². The van der Waals surface area contributed by atoms with Crippen LogP contribution >= 0.6 is 0 Å². The number of hydrogen-bond donors (Lipinski definition) is 3. The Hall–Kier alpha value is -3.01. The highest BCUT2D eigenvalue weighted by Gasteiger charge is 2.26. The lowest BCUT2D eigenvalue weighted by Crippen LogP contribution is -2.17. The zero-order valence-corrected chi connectivity index (χ0v) is 15.9. The maximum absolute atomic E-state index is 12.2. The first-order chi connectivity index (χ1) is 12.7. The zero-order valence-electron chi connectivity index (χ0n) is 15.9. The molecule has 2 aromatic carbocycles. The first kappa shape index (κ1) is 18.8. The van der Waals surface area contributed by atoms with Crippen molar-refractivity contribution in [3.05, 3.63) is 75.9 Å². The van der Waals surface area contributed by atoms with E-state index in [1.165, 1.54) is 6.07 Å². The van der Waals surface area contributed by atoms with Gasteiger partial charge in [0.2, 0.25) is 0 Å². The van der Waals surface area contributed by atoms with Crippen molar-refractivity contribution >= 4 is 5.78 Å². The van der Waals surface area contributed by atoms with Gasteiger partial charge in [-0.1, -0.05) is 37.3 Å². The number of benzene rings is 2. The van der Waals surface area contributed by atoms with Crippen molar-refractivity contribution in [2.24, 2.45) is 5.92 Å². The molecule has 140 valence electrons. The molecule has 1 aliphatic rings. The molecule has 0 amide bonds. The third-order valence-corrected chi connectivity index (χ3v) is 5.14.